The Bertz CT molecular complexity index is 822. The molecule has 1 aromatic heterocycles. The number of hydrogen-bond acceptors (Lipinski definition) is 6. The van der Waals surface area contributed by atoms with Crippen LogP contribution in [0.25, 0.3) is 0 Å². The monoisotopic (exact) mass is 399 g/mol. The molecule has 156 valence electrons. The van der Waals surface area contributed by atoms with E-state index >= 15 is 0 Å². The average molecular weight is 399 g/mol. The molecule has 2 N–H and O–H groups in total. The first kappa shape index (κ1) is 20.7. The van der Waals surface area contributed by atoms with Gasteiger partial charge in [-0.15, -0.1) is 0 Å². The van der Waals surface area contributed by atoms with Crippen LogP contribution in [-0.4, -0.2) is 58.0 Å². The molecule has 2 aromatic rings. The van der Waals surface area contributed by atoms with Gasteiger partial charge in [-0.25, -0.2) is 4.98 Å². The molecule has 0 spiro atoms. The zero-order chi connectivity index (χ0) is 20.5. The summed E-state index contributed by atoms with van der Waals surface area (Å²) in [5, 5.41) is 6.66. The Morgan fingerprint density at radius 2 is 2.07 bits per heavy atom. The predicted octanol–water partition coefficient (Wildman–Crippen LogP) is 2.51. The third-order valence-corrected chi connectivity index (χ3v) is 4.57. The van der Waals surface area contributed by atoms with E-state index in [4.69, 9.17) is 14.2 Å². The highest BCUT2D eigenvalue weighted by atomic mass is 16.5. The van der Waals surface area contributed by atoms with Crippen LogP contribution in [-0.2, 0) is 11.3 Å². The quantitative estimate of drug-likeness (QED) is 0.547. The van der Waals surface area contributed by atoms with Crippen molar-refractivity contribution in [1.29, 1.82) is 0 Å². The van der Waals surface area contributed by atoms with Crippen LogP contribution in [0.2, 0.25) is 0 Å². The molecule has 8 nitrogen and oxygen atoms in total. The highest BCUT2D eigenvalue weighted by Gasteiger charge is 2.16. The van der Waals surface area contributed by atoms with Gasteiger partial charge in [-0.3, -0.25) is 4.99 Å². The Balaban J connectivity index is 1.67. The molecule has 1 aliphatic rings. The third-order valence-electron chi connectivity index (χ3n) is 4.57. The summed E-state index contributed by atoms with van der Waals surface area (Å²) in [7, 11) is 3.37. The molecule has 29 heavy (non-hydrogen) atoms. The number of nitrogens with zero attached hydrogens (tertiary/aromatic N) is 3. The average Bonchev–Trinajstić information content (AvgIpc) is 2.78. The number of guanidine groups is 1. The molecule has 1 fully saturated rings. The maximum Gasteiger partial charge on any atom is 0.195 e. The third kappa shape index (κ3) is 5.51. The number of rotatable bonds is 7. The van der Waals surface area contributed by atoms with Gasteiger partial charge in [0.1, 0.15) is 5.82 Å². The highest BCUT2D eigenvalue weighted by Crippen LogP contribution is 2.30. The molecule has 3 rings (SSSR count). The van der Waals surface area contributed by atoms with E-state index in [9.17, 15) is 0 Å². The summed E-state index contributed by atoms with van der Waals surface area (Å²) in [5.41, 5.74) is 1.98. The maximum atomic E-state index is 5.65. The number of nitrogens with one attached hydrogen (secondary N) is 2. The van der Waals surface area contributed by atoms with Gasteiger partial charge in [-0.2, -0.15) is 0 Å². The van der Waals surface area contributed by atoms with Gasteiger partial charge >= 0.3 is 0 Å². The number of aliphatic imine (C=N–C) groups is 1. The van der Waals surface area contributed by atoms with Gasteiger partial charge < -0.3 is 29.7 Å². The number of benzene rings is 1. The van der Waals surface area contributed by atoms with E-state index in [2.05, 4.69) is 31.6 Å². The minimum Gasteiger partial charge on any atom is -0.493 e. The first-order chi connectivity index (χ1) is 14.2. The fraction of sp³-hybridized carbons (Fsp3) is 0.429. The zero-order valence-electron chi connectivity index (χ0n) is 17.3. The van der Waals surface area contributed by atoms with E-state index in [1.165, 1.54) is 0 Å². The number of ether oxygens (including phenoxy) is 3. The number of hydrogen-bond donors (Lipinski definition) is 2. The summed E-state index contributed by atoms with van der Waals surface area (Å²) >= 11 is 0. The Hall–Kier alpha value is -3.00. The van der Waals surface area contributed by atoms with Gasteiger partial charge in [0.05, 0.1) is 26.9 Å². The largest absolute Gasteiger partial charge is 0.493 e. The summed E-state index contributed by atoms with van der Waals surface area (Å²) in [6, 6.07) is 9.74. The summed E-state index contributed by atoms with van der Waals surface area (Å²) in [5.74, 6) is 3.04. The second-order valence-corrected chi connectivity index (χ2v) is 6.43. The lowest BCUT2D eigenvalue weighted by atomic mass is 10.2. The smallest absolute Gasteiger partial charge is 0.195 e. The van der Waals surface area contributed by atoms with Crippen LogP contribution < -0.4 is 25.0 Å². The van der Waals surface area contributed by atoms with Gasteiger partial charge in [-0.1, -0.05) is 6.07 Å². The molecule has 0 aliphatic carbocycles. The Kier molecular flexibility index (Phi) is 7.52. The van der Waals surface area contributed by atoms with Crippen LogP contribution in [0.4, 0.5) is 11.5 Å². The Morgan fingerprint density at radius 1 is 1.24 bits per heavy atom. The topological polar surface area (TPSA) is 80.2 Å². The number of morpholine rings is 1. The molecule has 1 aromatic carbocycles. The van der Waals surface area contributed by atoms with E-state index in [1.807, 2.05) is 37.4 Å². The van der Waals surface area contributed by atoms with Crippen LogP contribution in [0.1, 0.15) is 12.5 Å². The Labute approximate surface area is 171 Å². The van der Waals surface area contributed by atoms with Crippen LogP contribution in [0.3, 0.4) is 0 Å². The van der Waals surface area contributed by atoms with Crippen molar-refractivity contribution in [2.45, 2.75) is 13.5 Å². The normalized spacial score (nSPS) is 14.4. The van der Waals surface area contributed by atoms with Crippen molar-refractivity contribution in [3.8, 4) is 11.5 Å². The van der Waals surface area contributed by atoms with E-state index in [1.54, 1.807) is 14.2 Å². The summed E-state index contributed by atoms with van der Waals surface area (Å²) < 4.78 is 16.4. The van der Waals surface area contributed by atoms with Crippen molar-refractivity contribution >= 4 is 17.5 Å². The minimum absolute atomic E-state index is 0.568. The van der Waals surface area contributed by atoms with E-state index < -0.39 is 0 Å². The highest BCUT2D eigenvalue weighted by molar-refractivity contribution is 5.93. The summed E-state index contributed by atoms with van der Waals surface area (Å²) in [4.78, 5) is 11.2. The molecule has 0 amide bonds. The van der Waals surface area contributed by atoms with E-state index in [0.717, 1.165) is 43.4 Å². The number of anilines is 2. The molecule has 0 saturated carbocycles. The van der Waals surface area contributed by atoms with E-state index in [0.29, 0.717) is 30.6 Å². The molecule has 2 heterocycles. The second kappa shape index (κ2) is 10.5. The van der Waals surface area contributed by atoms with Crippen LogP contribution in [0.15, 0.2) is 41.5 Å². The van der Waals surface area contributed by atoms with E-state index in [-0.39, 0.29) is 0 Å². The van der Waals surface area contributed by atoms with Crippen molar-refractivity contribution in [3.05, 3.63) is 42.1 Å². The number of aromatic nitrogens is 1. The minimum atomic E-state index is 0.568. The predicted molar refractivity (Wildman–Crippen MR) is 115 cm³/mol. The molecule has 0 atom stereocenters. The van der Waals surface area contributed by atoms with Crippen molar-refractivity contribution < 1.29 is 14.2 Å². The lowest BCUT2D eigenvalue weighted by Crippen LogP contribution is -2.38. The van der Waals surface area contributed by atoms with Gasteiger partial charge in [0.25, 0.3) is 0 Å². The molecule has 8 heteroatoms. The van der Waals surface area contributed by atoms with Gasteiger partial charge in [-0.05, 0) is 25.1 Å². The van der Waals surface area contributed by atoms with Crippen molar-refractivity contribution in [3.63, 3.8) is 0 Å². The second-order valence-electron chi connectivity index (χ2n) is 6.43. The van der Waals surface area contributed by atoms with Gasteiger partial charge in [0.2, 0.25) is 0 Å². The van der Waals surface area contributed by atoms with Crippen molar-refractivity contribution in [2.24, 2.45) is 4.99 Å². The standard InChI is InChI=1S/C21H29N5O3/c1-4-29-19-14-17(7-8-18(19)27-3)25-21(22-2)24-15-16-6-5-9-23-20(16)26-10-12-28-13-11-26/h5-9,14H,4,10-13,15H2,1-3H3,(H2,22,24,25). The number of methoxy groups -OCH3 is 1. The van der Waals surface area contributed by atoms with Gasteiger partial charge in [0, 0.05) is 50.2 Å². The molecule has 1 aliphatic heterocycles. The van der Waals surface area contributed by atoms with Crippen LogP contribution in [0.5, 0.6) is 11.5 Å². The zero-order valence-corrected chi connectivity index (χ0v) is 17.3. The molecule has 0 bridgehead atoms. The van der Waals surface area contributed by atoms with Crippen molar-refractivity contribution in [1.82, 2.24) is 10.3 Å². The number of pyridine rings is 1. The van der Waals surface area contributed by atoms with Crippen LogP contribution >= 0.6 is 0 Å². The first-order valence-corrected chi connectivity index (χ1v) is 9.80. The fourth-order valence-corrected chi connectivity index (χ4v) is 3.15. The summed E-state index contributed by atoms with van der Waals surface area (Å²) in [6.07, 6.45) is 1.83. The molecule has 1 saturated heterocycles. The SMILES string of the molecule is CCOc1cc(NC(=NC)NCc2cccnc2N2CCOCC2)ccc1OC. The molecular weight excluding hydrogens is 370 g/mol. The van der Waals surface area contributed by atoms with Gasteiger partial charge in [0.15, 0.2) is 17.5 Å². The first-order valence-electron chi connectivity index (χ1n) is 9.80. The lowest BCUT2D eigenvalue weighted by molar-refractivity contribution is 0.122. The lowest BCUT2D eigenvalue weighted by Gasteiger charge is -2.29. The molecule has 0 unspecified atom stereocenters. The maximum absolute atomic E-state index is 5.65. The van der Waals surface area contributed by atoms with Crippen LogP contribution in [0, 0.1) is 0 Å². The Morgan fingerprint density at radius 3 is 2.79 bits per heavy atom. The fourth-order valence-electron chi connectivity index (χ4n) is 3.15. The van der Waals surface area contributed by atoms with Crippen molar-refractivity contribution in [2.75, 3.05) is 57.3 Å². The summed E-state index contributed by atoms with van der Waals surface area (Å²) in [6.45, 7) is 6.28. The molecular formula is C21H29N5O3. The molecule has 0 radical (unpaired) electrons.